The molecule has 134 valence electrons. The lowest BCUT2D eigenvalue weighted by Gasteiger charge is -2.32. The monoisotopic (exact) mass is 433 g/mol. The van der Waals surface area contributed by atoms with Crippen molar-refractivity contribution in [2.24, 2.45) is 0 Å². The standard InChI is InChI=1S/C20H17BrClNO3/c1-11(13-6-4-3-5-7-13)23-18(14-8-9-15(21)16(22)10-14)17(12(2)24)19(25)20(23)26/h3-11,18,25H,1-2H3. The van der Waals surface area contributed by atoms with Crippen LogP contribution >= 0.6 is 27.5 Å². The van der Waals surface area contributed by atoms with Gasteiger partial charge in [-0.05, 0) is 53.0 Å². The molecular weight excluding hydrogens is 418 g/mol. The van der Waals surface area contributed by atoms with Crippen molar-refractivity contribution in [1.82, 2.24) is 4.90 Å². The van der Waals surface area contributed by atoms with Gasteiger partial charge in [-0.15, -0.1) is 0 Å². The highest BCUT2D eigenvalue weighted by atomic mass is 79.9. The van der Waals surface area contributed by atoms with E-state index in [1.165, 1.54) is 11.8 Å². The van der Waals surface area contributed by atoms with Crippen molar-refractivity contribution in [2.45, 2.75) is 25.9 Å². The molecule has 2 atom stereocenters. The molecule has 3 rings (SSSR count). The van der Waals surface area contributed by atoms with Crippen LogP contribution in [0.3, 0.4) is 0 Å². The van der Waals surface area contributed by atoms with Crippen molar-refractivity contribution in [3.05, 3.63) is 80.5 Å². The molecule has 1 N–H and O–H groups in total. The summed E-state index contributed by atoms with van der Waals surface area (Å²) in [6.07, 6.45) is 0. The maximum absolute atomic E-state index is 12.8. The zero-order chi connectivity index (χ0) is 19.0. The van der Waals surface area contributed by atoms with E-state index in [9.17, 15) is 14.7 Å². The number of hydrogen-bond donors (Lipinski definition) is 1. The van der Waals surface area contributed by atoms with Crippen LogP contribution in [0.15, 0.2) is 64.3 Å². The molecule has 0 aromatic heterocycles. The number of carbonyl (C=O) groups is 2. The Morgan fingerprint density at radius 2 is 1.88 bits per heavy atom. The number of halogens is 2. The number of nitrogens with zero attached hydrogens (tertiary/aromatic N) is 1. The molecular formula is C20H17BrClNO3. The number of aliphatic hydroxyl groups is 1. The van der Waals surface area contributed by atoms with Crippen LogP contribution in [0.5, 0.6) is 0 Å². The molecule has 2 aromatic carbocycles. The highest BCUT2D eigenvalue weighted by Gasteiger charge is 2.44. The second-order valence-electron chi connectivity index (χ2n) is 6.19. The number of ketones is 1. The molecule has 0 fully saturated rings. The number of carbonyl (C=O) groups excluding carboxylic acids is 2. The number of rotatable bonds is 4. The Kier molecular flexibility index (Phi) is 5.21. The molecule has 0 bridgehead atoms. The maximum Gasteiger partial charge on any atom is 0.290 e. The summed E-state index contributed by atoms with van der Waals surface area (Å²) in [5.74, 6) is -1.40. The largest absolute Gasteiger partial charge is 0.503 e. The Morgan fingerprint density at radius 3 is 2.46 bits per heavy atom. The predicted octanol–water partition coefficient (Wildman–Crippen LogP) is 5.15. The van der Waals surface area contributed by atoms with E-state index in [-0.39, 0.29) is 17.4 Å². The van der Waals surface area contributed by atoms with Crippen molar-refractivity contribution in [3.63, 3.8) is 0 Å². The van der Waals surface area contributed by atoms with E-state index in [2.05, 4.69) is 15.9 Å². The van der Waals surface area contributed by atoms with Crippen molar-refractivity contribution in [3.8, 4) is 0 Å². The minimum absolute atomic E-state index is 0.0937. The summed E-state index contributed by atoms with van der Waals surface area (Å²) in [6, 6.07) is 13.7. The van der Waals surface area contributed by atoms with Gasteiger partial charge in [-0.3, -0.25) is 9.59 Å². The minimum Gasteiger partial charge on any atom is -0.503 e. The normalized spacial score (nSPS) is 18.4. The van der Waals surface area contributed by atoms with Gasteiger partial charge in [0.1, 0.15) is 0 Å². The topological polar surface area (TPSA) is 57.6 Å². The SMILES string of the molecule is CC(=O)C1=C(O)C(=O)N(C(C)c2ccccc2)C1c1ccc(Br)c(Cl)c1. The molecule has 6 heteroatoms. The van der Waals surface area contributed by atoms with Crippen molar-refractivity contribution in [1.29, 1.82) is 0 Å². The van der Waals surface area contributed by atoms with Gasteiger partial charge in [0, 0.05) is 4.47 Å². The van der Waals surface area contributed by atoms with Crippen LogP contribution in [0.1, 0.15) is 37.1 Å². The number of hydrogen-bond acceptors (Lipinski definition) is 3. The Balaban J connectivity index is 2.14. The molecule has 2 aromatic rings. The average Bonchev–Trinajstić information content (AvgIpc) is 2.89. The molecule has 1 aliphatic heterocycles. The van der Waals surface area contributed by atoms with Gasteiger partial charge in [0.05, 0.1) is 22.7 Å². The fourth-order valence-corrected chi connectivity index (χ4v) is 3.72. The zero-order valence-corrected chi connectivity index (χ0v) is 16.6. The van der Waals surface area contributed by atoms with E-state index in [0.717, 1.165) is 5.56 Å². The lowest BCUT2D eigenvalue weighted by molar-refractivity contribution is -0.131. The van der Waals surface area contributed by atoms with Crippen LogP contribution in [0.4, 0.5) is 0 Å². The zero-order valence-electron chi connectivity index (χ0n) is 14.2. The average molecular weight is 435 g/mol. The quantitative estimate of drug-likeness (QED) is 0.724. The van der Waals surface area contributed by atoms with Crippen LogP contribution in [0.2, 0.25) is 5.02 Å². The third kappa shape index (κ3) is 3.17. The lowest BCUT2D eigenvalue weighted by atomic mass is 9.95. The fourth-order valence-electron chi connectivity index (χ4n) is 3.28. The second-order valence-corrected chi connectivity index (χ2v) is 7.46. The number of aliphatic hydroxyl groups excluding tert-OH is 1. The smallest absolute Gasteiger partial charge is 0.290 e. The van der Waals surface area contributed by atoms with Crippen LogP contribution < -0.4 is 0 Å². The van der Waals surface area contributed by atoms with Gasteiger partial charge in [0.15, 0.2) is 11.5 Å². The summed E-state index contributed by atoms with van der Waals surface area (Å²) in [4.78, 5) is 26.5. The molecule has 4 nitrogen and oxygen atoms in total. The number of benzene rings is 2. The van der Waals surface area contributed by atoms with Gasteiger partial charge in [0.25, 0.3) is 5.91 Å². The highest BCUT2D eigenvalue weighted by molar-refractivity contribution is 9.10. The molecule has 1 amide bonds. The van der Waals surface area contributed by atoms with Crippen LogP contribution in [0, 0.1) is 0 Å². The first kappa shape index (κ1) is 18.7. The van der Waals surface area contributed by atoms with Crippen molar-refractivity contribution >= 4 is 39.2 Å². The summed E-state index contributed by atoms with van der Waals surface area (Å²) < 4.78 is 0.715. The Labute approximate surface area is 165 Å². The van der Waals surface area contributed by atoms with E-state index in [0.29, 0.717) is 15.1 Å². The molecule has 0 spiro atoms. The summed E-state index contributed by atoms with van der Waals surface area (Å²) in [5.41, 5.74) is 1.67. The molecule has 26 heavy (non-hydrogen) atoms. The minimum atomic E-state index is -0.694. The first-order chi connectivity index (χ1) is 12.3. The Bertz CT molecular complexity index is 911. The van der Waals surface area contributed by atoms with Gasteiger partial charge < -0.3 is 10.0 Å². The summed E-state index contributed by atoms with van der Waals surface area (Å²) in [5, 5.41) is 10.8. The van der Waals surface area contributed by atoms with Gasteiger partial charge in [-0.25, -0.2) is 0 Å². The summed E-state index contributed by atoms with van der Waals surface area (Å²) in [6.45, 7) is 3.22. The third-order valence-corrected chi connectivity index (χ3v) is 5.81. The van der Waals surface area contributed by atoms with Gasteiger partial charge in [-0.2, -0.15) is 0 Å². The number of Topliss-reactive ketones (excluding diaryl/α,β-unsaturated/α-hetero) is 1. The van der Waals surface area contributed by atoms with Crippen LogP contribution in [-0.4, -0.2) is 21.7 Å². The fraction of sp³-hybridized carbons (Fsp3) is 0.200. The molecule has 0 radical (unpaired) electrons. The van der Waals surface area contributed by atoms with Gasteiger partial charge >= 0.3 is 0 Å². The van der Waals surface area contributed by atoms with Crippen molar-refractivity contribution < 1.29 is 14.7 Å². The van der Waals surface area contributed by atoms with Gasteiger partial charge in [0.2, 0.25) is 0 Å². The molecule has 0 saturated heterocycles. The maximum atomic E-state index is 12.8. The highest BCUT2D eigenvalue weighted by Crippen LogP contribution is 2.43. The third-order valence-electron chi connectivity index (χ3n) is 4.58. The molecule has 0 aliphatic carbocycles. The second kappa shape index (κ2) is 7.25. The van der Waals surface area contributed by atoms with E-state index in [4.69, 9.17) is 11.6 Å². The lowest BCUT2D eigenvalue weighted by Crippen LogP contribution is -2.33. The number of amides is 1. The molecule has 1 aliphatic rings. The Hall–Kier alpha value is -2.11. The molecule has 1 heterocycles. The Morgan fingerprint density at radius 1 is 1.23 bits per heavy atom. The van der Waals surface area contributed by atoms with E-state index in [1.807, 2.05) is 37.3 Å². The summed E-state index contributed by atoms with van der Waals surface area (Å²) >= 11 is 9.57. The van der Waals surface area contributed by atoms with Gasteiger partial charge in [-0.1, -0.05) is 48.0 Å². The first-order valence-corrected chi connectivity index (χ1v) is 9.26. The van der Waals surface area contributed by atoms with Crippen molar-refractivity contribution in [2.75, 3.05) is 0 Å². The summed E-state index contributed by atoms with van der Waals surface area (Å²) in [7, 11) is 0. The van der Waals surface area contributed by atoms with E-state index < -0.39 is 17.7 Å². The van der Waals surface area contributed by atoms with Crippen LogP contribution in [-0.2, 0) is 9.59 Å². The van der Waals surface area contributed by atoms with Crippen LogP contribution in [0.25, 0.3) is 0 Å². The molecule has 2 unspecified atom stereocenters. The first-order valence-electron chi connectivity index (χ1n) is 8.09. The predicted molar refractivity (Wildman–Crippen MR) is 104 cm³/mol. The van der Waals surface area contributed by atoms with E-state index >= 15 is 0 Å². The van der Waals surface area contributed by atoms with E-state index in [1.54, 1.807) is 18.2 Å². The molecule has 0 saturated carbocycles.